The van der Waals surface area contributed by atoms with E-state index in [-0.39, 0.29) is 12.0 Å². The van der Waals surface area contributed by atoms with Gasteiger partial charge in [0.15, 0.2) is 0 Å². The van der Waals surface area contributed by atoms with Crippen LogP contribution in [0.3, 0.4) is 0 Å². The molecule has 1 amide bonds. The third kappa shape index (κ3) is 2.41. The van der Waals surface area contributed by atoms with Crippen LogP contribution in [0, 0.1) is 0 Å². The van der Waals surface area contributed by atoms with Gasteiger partial charge in [0.1, 0.15) is 4.88 Å². The smallest absolute Gasteiger partial charge is 0.265 e. The van der Waals surface area contributed by atoms with Gasteiger partial charge in [-0.1, -0.05) is 0 Å². The van der Waals surface area contributed by atoms with Crippen molar-refractivity contribution in [1.82, 2.24) is 4.90 Å². The lowest BCUT2D eigenvalue weighted by Crippen LogP contribution is -2.41. The molecule has 1 aromatic heterocycles. The minimum atomic E-state index is -0.360. The molecule has 0 aliphatic carbocycles. The first-order valence-corrected chi connectivity index (χ1v) is 6.56. The molecule has 0 saturated carbocycles. The van der Waals surface area contributed by atoms with Crippen LogP contribution in [0.4, 0.5) is 0 Å². The minimum Gasteiger partial charge on any atom is -0.391 e. The number of halogens is 1. The van der Waals surface area contributed by atoms with Gasteiger partial charge in [-0.15, -0.1) is 11.3 Å². The van der Waals surface area contributed by atoms with Crippen molar-refractivity contribution in [3.8, 4) is 0 Å². The van der Waals surface area contributed by atoms with E-state index >= 15 is 0 Å². The number of hydrogen-bond acceptors (Lipinski definition) is 3. The second-order valence-electron chi connectivity index (χ2n) is 3.64. The first-order chi connectivity index (χ1) is 7.18. The molecule has 0 bridgehead atoms. The van der Waals surface area contributed by atoms with Crippen LogP contribution in [-0.4, -0.2) is 35.1 Å². The zero-order chi connectivity index (χ0) is 10.8. The highest BCUT2D eigenvalue weighted by molar-refractivity contribution is 9.10. The number of aliphatic hydroxyl groups is 1. The first kappa shape index (κ1) is 11.1. The van der Waals surface area contributed by atoms with Crippen molar-refractivity contribution in [2.24, 2.45) is 0 Å². The Bertz CT molecular complexity index is 366. The Labute approximate surface area is 101 Å². The van der Waals surface area contributed by atoms with Crippen molar-refractivity contribution in [3.05, 3.63) is 20.8 Å². The second kappa shape index (κ2) is 4.63. The molecule has 1 unspecified atom stereocenters. The molecule has 15 heavy (non-hydrogen) atoms. The molecule has 3 nitrogen and oxygen atoms in total. The van der Waals surface area contributed by atoms with E-state index in [4.69, 9.17) is 0 Å². The number of aliphatic hydroxyl groups excluding tert-OH is 1. The van der Waals surface area contributed by atoms with Gasteiger partial charge in [-0.2, -0.15) is 0 Å². The van der Waals surface area contributed by atoms with E-state index in [1.54, 1.807) is 4.90 Å². The lowest BCUT2D eigenvalue weighted by Gasteiger charge is -2.29. The Balaban J connectivity index is 2.11. The van der Waals surface area contributed by atoms with Crippen molar-refractivity contribution in [2.45, 2.75) is 18.9 Å². The molecule has 1 saturated heterocycles. The summed E-state index contributed by atoms with van der Waals surface area (Å²) in [6.45, 7) is 1.21. The zero-order valence-electron chi connectivity index (χ0n) is 8.15. The molecular weight excluding hydrogens is 278 g/mol. The normalized spacial score (nSPS) is 21.7. The maximum atomic E-state index is 12.0. The molecular formula is C10H12BrNO2S. The average Bonchev–Trinajstić information content (AvgIpc) is 2.63. The van der Waals surface area contributed by atoms with Crippen molar-refractivity contribution >= 4 is 33.2 Å². The number of nitrogens with zero attached hydrogens (tertiary/aromatic N) is 1. The third-order valence-corrected chi connectivity index (χ3v) is 4.32. The topological polar surface area (TPSA) is 40.5 Å². The largest absolute Gasteiger partial charge is 0.391 e. The highest BCUT2D eigenvalue weighted by Gasteiger charge is 2.24. The fraction of sp³-hybridized carbons (Fsp3) is 0.500. The van der Waals surface area contributed by atoms with Gasteiger partial charge >= 0.3 is 0 Å². The van der Waals surface area contributed by atoms with Gasteiger partial charge in [0.2, 0.25) is 0 Å². The highest BCUT2D eigenvalue weighted by atomic mass is 79.9. The van der Waals surface area contributed by atoms with Crippen molar-refractivity contribution in [1.29, 1.82) is 0 Å². The van der Waals surface area contributed by atoms with Gasteiger partial charge in [-0.25, -0.2) is 0 Å². The predicted molar refractivity (Wildman–Crippen MR) is 63.2 cm³/mol. The molecule has 1 aliphatic heterocycles. The lowest BCUT2D eigenvalue weighted by molar-refractivity contribution is 0.0477. The number of hydrogen-bond donors (Lipinski definition) is 1. The molecule has 0 radical (unpaired) electrons. The van der Waals surface area contributed by atoms with E-state index in [0.717, 1.165) is 28.7 Å². The molecule has 0 spiro atoms. The Hall–Kier alpha value is -0.390. The quantitative estimate of drug-likeness (QED) is 0.860. The van der Waals surface area contributed by atoms with E-state index in [2.05, 4.69) is 15.9 Å². The third-order valence-electron chi connectivity index (χ3n) is 2.50. The molecule has 1 aromatic rings. The molecule has 82 valence electrons. The number of amides is 1. The van der Waals surface area contributed by atoms with Crippen LogP contribution in [0.25, 0.3) is 0 Å². The Morgan fingerprint density at radius 2 is 2.47 bits per heavy atom. The Morgan fingerprint density at radius 3 is 3.07 bits per heavy atom. The van der Waals surface area contributed by atoms with Gasteiger partial charge in [0, 0.05) is 17.6 Å². The van der Waals surface area contributed by atoms with E-state index in [0.29, 0.717) is 6.54 Å². The van der Waals surface area contributed by atoms with Gasteiger partial charge in [0.05, 0.1) is 6.10 Å². The monoisotopic (exact) mass is 289 g/mol. The SMILES string of the molecule is O=C(c1sccc1Br)N1CCCC(O)C1. The molecule has 5 heteroatoms. The number of β-amino-alcohol motifs (C(OH)–C–C–N with tert-alkyl or cyclic N) is 1. The molecule has 2 rings (SSSR count). The number of carbonyl (C=O) groups excluding carboxylic acids is 1. The summed E-state index contributed by atoms with van der Waals surface area (Å²) in [6, 6.07) is 1.87. The van der Waals surface area contributed by atoms with E-state index in [1.165, 1.54) is 11.3 Å². The summed E-state index contributed by atoms with van der Waals surface area (Å²) < 4.78 is 0.845. The summed E-state index contributed by atoms with van der Waals surface area (Å²) in [7, 11) is 0. The average molecular weight is 290 g/mol. The summed E-state index contributed by atoms with van der Waals surface area (Å²) >= 11 is 4.78. The minimum absolute atomic E-state index is 0.0237. The van der Waals surface area contributed by atoms with Crippen LogP contribution >= 0.6 is 27.3 Å². The molecule has 1 N–H and O–H groups in total. The van der Waals surface area contributed by atoms with Crippen LogP contribution < -0.4 is 0 Å². The Kier molecular flexibility index (Phi) is 3.43. The van der Waals surface area contributed by atoms with Crippen LogP contribution in [0.15, 0.2) is 15.9 Å². The molecule has 2 heterocycles. The van der Waals surface area contributed by atoms with Gasteiger partial charge in [0.25, 0.3) is 5.91 Å². The summed E-state index contributed by atoms with van der Waals surface area (Å²) in [6.07, 6.45) is 1.33. The summed E-state index contributed by atoms with van der Waals surface area (Å²) in [5.74, 6) is 0.0237. The van der Waals surface area contributed by atoms with Crippen molar-refractivity contribution < 1.29 is 9.90 Å². The van der Waals surface area contributed by atoms with E-state index < -0.39 is 0 Å². The van der Waals surface area contributed by atoms with Gasteiger partial charge < -0.3 is 10.0 Å². The Morgan fingerprint density at radius 1 is 1.67 bits per heavy atom. The number of carbonyl (C=O) groups is 1. The molecule has 1 atom stereocenters. The number of thiophene rings is 1. The van der Waals surface area contributed by atoms with Crippen LogP contribution in [0.5, 0.6) is 0 Å². The second-order valence-corrected chi connectivity index (χ2v) is 5.42. The van der Waals surface area contributed by atoms with Crippen molar-refractivity contribution in [3.63, 3.8) is 0 Å². The predicted octanol–water partition coefficient (Wildman–Crippen LogP) is 2.11. The van der Waals surface area contributed by atoms with Crippen LogP contribution in [0.1, 0.15) is 22.5 Å². The summed E-state index contributed by atoms with van der Waals surface area (Å²) in [5.41, 5.74) is 0. The van der Waals surface area contributed by atoms with E-state index in [1.807, 2.05) is 11.4 Å². The molecule has 1 aliphatic rings. The zero-order valence-corrected chi connectivity index (χ0v) is 10.6. The summed E-state index contributed by atoms with van der Waals surface area (Å²) in [4.78, 5) is 14.5. The molecule has 1 fully saturated rings. The van der Waals surface area contributed by atoms with Gasteiger partial charge in [-0.05, 0) is 40.2 Å². The maximum absolute atomic E-state index is 12.0. The maximum Gasteiger partial charge on any atom is 0.265 e. The van der Waals surface area contributed by atoms with Crippen LogP contribution in [-0.2, 0) is 0 Å². The fourth-order valence-corrected chi connectivity index (χ4v) is 3.24. The van der Waals surface area contributed by atoms with Crippen molar-refractivity contribution in [2.75, 3.05) is 13.1 Å². The lowest BCUT2D eigenvalue weighted by atomic mass is 10.1. The number of rotatable bonds is 1. The molecule has 0 aromatic carbocycles. The highest BCUT2D eigenvalue weighted by Crippen LogP contribution is 2.25. The van der Waals surface area contributed by atoms with Gasteiger partial charge in [-0.3, -0.25) is 4.79 Å². The first-order valence-electron chi connectivity index (χ1n) is 4.89. The number of likely N-dealkylation sites (tertiary alicyclic amines) is 1. The fourth-order valence-electron chi connectivity index (χ4n) is 1.73. The summed E-state index contributed by atoms with van der Waals surface area (Å²) in [5, 5.41) is 11.4. The number of piperidine rings is 1. The van der Waals surface area contributed by atoms with E-state index in [9.17, 15) is 9.90 Å². The standard InChI is InChI=1S/C10H12BrNO2S/c11-8-3-5-15-9(8)10(14)12-4-1-2-7(13)6-12/h3,5,7,13H,1-2,4,6H2. The van der Waals surface area contributed by atoms with Crippen LogP contribution in [0.2, 0.25) is 0 Å².